The van der Waals surface area contributed by atoms with E-state index >= 15 is 0 Å². The number of aliphatic hydroxyl groups is 4. The molecule has 0 radical (unpaired) electrons. The zero-order valence-electron chi connectivity index (χ0n) is 39.3. The molecule has 64 heavy (non-hydrogen) atoms. The molecular weight excluding hydrogens is 866 g/mol. The summed E-state index contributed by atoms with van der Waals surface area (Å²) in [5.41, 5.74) is 0. The Balaban J connectivity index is 2.58. The lowest BCUT2D eigenvalue weighted by Gasteiger charge is -2.44. The van der Waals surface area contributed by atoms with Crippen LogP contribution in [0.1, 0.15) is 194 Å². The van der Waals surface area contributed by atoms with Gasteiger partial charge in [-0.1, -0.05) is 141 Å². The van der Waals surface area contributed by atoms with Gasteiger partial charge in [0.05, 0.1) is 37.7 Å². The summed E-state index contributed by atoms with van der Waals surface area (Å²) in [5.74, 6) is -4.26. The molecule has 0 aromatic carbocycles. The molecule has 17 heteroatoms. The van der Waals surface area contributed by atoms with Crippen LogP contribution in [0.2, 0.25) is 0 Å². The van der Waals surface area contributed by atoms with E-state index in [0.717, 1.165) is 77.0 Å². The quantitative estimate of drug-likeness (QED) is 0.0131. The maximum atomic E-state index is 12.9. The number of allylic oxidation sites excluding steroid dienone is 4. The normalized spacial score (nSPS) is 22.0. The fraction of sp³-hybridized carbons (Fsp3) is 0.872. The topological polar surface area (TPSA) is 247 Å². The van der Waals surface area contributed by atoms with Gasteiger partial charge in [-0.15, -0.1) is 0 Å². The average molecular weight is 955 g/mol. The maximum absolute atomic E-state index is 12.9. The van der Waals surface area contributed by atoms with Crippen molar-refractivity contribution in [1.29, 1.82) is 0 Å². The molecule has 1 rings (SSSR count). The predicted molar refractivity (Wildman–Crippen MR) is 249 cm³/mol. The summed E-state index contributed by atoms with van der Waals surface area (Å²) < 4.78 is 45.4. The zero-order valence-corrected chi connectivity index (χ0v) is 41.1. The first-order chi connectivity index (χ1) is 30.6. The van der Waals surface area contributed by atoms with Gasteiger partial charge in [0.15, 0.2) is 6.10 Å². The molecule has 0 heterocycles. The van der Waals surface area contributed by atoms with Crippen molar-refractivity contribution in [2.24, 2.45) is 11.8 Å². The minimum atomic E-state index is -5.01. The highest BCUT2D eigenvalue weighted by atomic mass is 31.2. The van der Waals surface area contributed by atoms with E-state index < -0.39 is 95.7 Å². The molecule has 0 amide bonds. The standard InChI is InChI=1S/C47H88O15P2/c1-3-5-7-9-11-13-15-17-19-21-23-25-27-29-31-33-42(48)59-35-39(62-43(49)34-32-30-28-26-24-22-20-18-16-14-12-10-8-6-4-2)36-60-64(57,58)61-37-40-44(50)41(38-63(54,55)56)46(52)47(53)45(40)51/h17-20,39-41,44-47,50-53H,3-16,21-38H2,1-2H3,(H,57,58)(H2,54,55,56)/b19-17+,20-18+. The van der Waals surface area contributed by atoms with Gasteiger partial charge in [-0.25, -0.2) is 4.57 Å². The second kappa shape index (κ2) is 37.5. The molecule has 1 saturated carbocycles. The monoisotopic (exact) mass is 955 g/mol. The van der Waals surface area contributed by atoms with Crippen LogP contribution in [0, 0.1) is 11.8 Å². The minimum absolute atomic E-state index is 0.0756. The lowest BCUT2D eigenvalue weighted by molar-refractivity contribution is -0.182. The third-order valence-electron chi connectivity index (χ3n) is 11.8. The number of unbranched alkanes of at least 4 members (excludes halogenated alkanes) is 22. The van der Waals surface area contributed by atoms with Crippen LogP contribution in [-0.4, -0.2) is 104 Å². The molecule has 0 aromatic heterocycles. The predicted octanol–water partition coefficient (Wildman–Crippen LogP) is 9.52. The van der Waals surface area contributed by atoms with Crippen LogP contribution >= 0.6 is 15.4 Å². The molecule has 8 unspecified atom stereocenters. The Hall–Kier alpha value is -1.48. The van der Waals surface area contributed by atoms with E-state index in [1.165, 1.54) is 77.0 Å². The number of esters is 2. The number of phosphoric acid groups is 1. The third-order valence-corrected chi connectivity index (χ3v) is 13.6. The fourth-order valence-electron chi connectivity index (χ4n) is 7.81. The second-order valence-corrected chi connectivity index (χ2v) is 20.8. The van der Waals surface area contributed by atoms with Crippen LogP contribution in [0.15, 0.2) is 24.3 Å². The molecule has 1 aliphatic rings. The fourth-order valence-corrected chi connectivity index (χ4v) is 9.58. The molecule has 15 nitrogen and oxygen atoms in total. The number of carbonyl (C=O) groups is 2. The molecule has 8 atom stereocenters. The molecule has 0 saturated heterocycles. The van der Waals surface area contributed by atoms with Gasteiger partial charge in [0.1, 0.15) is 12.7 Å². The van der Waals surface area contributed by atoms with Gasteiger partial charge in [-0.3, -0.25) is 23.2 Å². The number of hydrogen-bond donors (Lipinski definition) is 7. The number of hydrogen-bond acceptors (Lipinski definition) is 12. The molecule has 7 N–H and O–H groups in total. The minimum Gasteiger partial charge on any atom is -0.462 e. The summed E-state index contributed by atoms with van der Waals surface area (Å²) in [7, 11) is -9.80. The van der Waals surface area contributed by atoms with Crippen molar-refractivity contribution in [3.8, 4) is 0 Å². The van der Waals surface area contributed by atoms with E-state index in [9.17, 15) is 53.8 Å². The summed E-state index contributed by atoms with van der Waals surface area (Å²) in [6.45, 7) is 2.37. The van der Waals surface area contributed by atoms with E-state index in [0.29, 0.717) is 12.8 Å². The molecule has 0 spiro atoms. The first-order valence-corrected chi connectivity index (χ1v) is 27.9. The largest absolute Gasteiger partial charge is 0.472 e. The van der Waals surface area contributed by atoms with Crippen molar-refractivity contribution in [3.05, 3.63) is 24.3 Å². The van der Waals surface area contributed by atoms with Gasteiger partial charge in [0.25, 0.3) is 0 Å². The lowest BCUT2D eigenvalue weighted by atomic mass is 9.74. The van der Waals surface area contributed by atoms with Crippen molar-refractivity contribution in [1.82, 2.24) is 0 Å². The summed E-state index contributed by atoms with van der Waals surface area (Å²) >= 11 is 0. The molecule has 1 fully saturated rings. The second-order valence-electron chi connectivity index (χ2n) is 17.7. The van der Waals surface area contributed by atoms with E-state index in [1.807, 2.05) is 0 Å². The van der Waals surface area contributed by atoms with Gasteiger partial charge in [0, 0.05) is 24.7 Å². The Bertz CT molecular complexity index is 1340. The van der Waals surface area contributed by atoms with Crippen molar-refractivity contribution in [2.75, 3.05) is 26.0 Å². The van der Waals surface area contributed by atoms with Gasteiger partial charge >= 0.3 is 27.4 Å². The van der Waals surface area contributed by atoms with Gasteiger partial charge in [0.2, 0.25) is 0 Å². The number of phosphoric ester groups is 1. The molecule has 0 aromatic rings. The van der Waals surface area contributed by atoms with Crippen LogP contribution in [0.3, 0.4) is 0 Å². The Labute approximate surface area is 384 Å². The van der Waals surface area contributed by atoms with Gasteiger partial charge < -0.3 is 44.6 Å². The SMILES string of the molecule is CCCCCCCC/C=C/CCCCCCCC(=O)OCC(COP(=O)(O)OCC1C(O)C(O)C(O)C(CP(=O)(O)O)C1O)OC(=O)CCCCCCC/C=C/CCCCCCCC. The van der Waals surface area contributed by atoms with Crippen LogP contribution in [0.25, 0.3) is 0 Å². The van der Waals surface area contributed by atoms with Crippen molar-refractivity contribution in [2.45, 2.75) is 224 Å². The van der Waals surface area contributed by atoms with Crippen molar-refractivity contribution >= 4 is 27.4 Å². The molecule has 376 valence electrons. The Morgan fingerprint density at radius 1 is 0.500 bits per heavy atom. The Kier molecular flexibility index (Phi) is 35.5. The summed E-state index contributed by atoms with van der Waals surface area (Å²) in [4.78, 5) is 54.7. The molecule has 1 aliphatic carbocycles. The third kappa shape index (κ3) is 31.5. The number of rotatable bonds is 41. The highest BCUT2D eigenvalue weighted by Crippen LogP contribution is 2.47. The van der Waals surface area contributed by atoms with Crippen LogP contribution < -0.4 is 0 Å². The van der Waals surface area contributed by atoms with Crippen LogP contribution in [0.5, 0.6) is 0 Å². The number of aliphatic hydroxyl groups excluding tert-OH is 4. The van der Waals surface area contributed by atoms with Crippen LogP contribution in [0.4, 0.5) is 0 Å². The van der Waals surface area contributed by atoms with Gasteiger partial charge in [-0.05, 0) is 64.2 Å². The highest BCUT2D eigenvalue weighted by molar-refractivity contribution is 7.51. The first-order valence-electron chi connectivity index (χ1n) is 24.7. The van der Waals surface area contributed by atoms with Crippen LogP contribution in [-0.2, 0) is 37.2 Å². The van der Waals surface area contributed by atoms with E-state index in [-0.39, 0.29) is 12.8 Å². The number of carbonyl (C=O) groups excluding carboxylic acids is 2. The molecule has 0 bridgehead atoms. The van der Waals surface area contributed by atoms with E-state index in [4.69, 9.17) is 18.5 Å². The summed E-state index contributed by atoms with van der Waals surface area (Å²) in [5, 5.41) is 41.7. The molecule has 0 aliphatic heterocycles. The lowest BCUT2D eigenvalue weighted by Crippen LogP contribution is -2.60. The molecular formula is C47H88O15P2. The summed E-state index contributed by atoms with van der Waals surface area (Å²) in [6, 6.07) is 0. The highest BCUT2D eigenvalue weighted by Gasteiger charge is 2.51. The number of ether oxygens (including phenoxy) is 2. The maximum Gasteiger partial charge on any atom is 0.472 e. The average Bonchev–Trinajstić information content (AvgIpc) is 3.25. The van der Waals surface area contributed by atoms with Crippen molar-refractivity contribution < 1.29 is 72.3 Å². The first kappa shape index (κ1) is 60.5. The smallest absolute Gasteiger partial charge is 0.462 e. The van der Waals surface area contributed by atoms with Crippen molar-refractivity contribution in [3.63, 3.8) is 0 Å². The van der Waals surface area contributed by atoms with E-state index in [2.05, 4.69) is 38.2 Å². The van der Waals surface area contributed by atoms with Gasteiger partial charge in [-0.2, -0.15) is 0 Å². The summed E-state index contributed by atoms with van der Waals surface area (Å²) in [6.07, 6.45) is 28.2. The Morgan fingerprint density at radius 3 is 1.36 bits per heavy atom. The Morgan fingerprint density at radius 2 is 0.906 bits per heavy atom. The van der Waals surface area contributed by atoms with E-state index in [1.54, 1.807) is 0 Å². The zero-order chi connectivity index (χ0) is 47.5.